The largest absolute Gasteiger partial charge is 0.462 e. The zero-order chi connectivity index (χ0) is 32.7. The summed E-state index contributed by atoms with van der Waals surface area (Å²) in [6.45, 7) is 3.21. The maximum Gasteiger partial charge on any atom is 0.459 e. The van der Waals surface area contributed by atoms with Crippen molar-refractivity contribution in [2.24, 2.45) is 0 Å². The number of alkyl halides is 2. The smallest absolute Gasteiger partial charge is 0.459 e. The molecule has 1 aliphatic heterocycles. The topological polar surface area (TPSA) is 213 Å². The number of benzene rings is 2. The fourth-order valence-corrected chi connectivity index (χ4v) is 6.38. The lowest BCUT2D eigenvalue weighted by Crippen LogP contribution is -2.53. The summed E-state index contributed by atoms with van der Waals surface area (Å²) >= 11 is 0. The van der Waals surface area contributed by atoms with E-state index in [0.717, 1.165) is 10.9 Å². The molecule has 0 radical (unpaired) electrons. The van der Waals surface area contributed by atoms with Crippen molar-refractivity contribution in [3.8, 4) is 5.75 Å². The molecule has 18 heteroatoms. The molecule has 5 rings (SSSR count). The number of aromatic nitrogens is 4. The summed E-state index contributed by atoms with van der Waals surface area (Å²) in [6.07, 6.45) is -9.18. The first kappa shape index (κ1) is 32.4. The number of hydrogen-bond acceptors (Lipinski definition) is 12. The lowest BCUT2D eigenvalue weighted by molar-refractivity contribution is -0.191. The van der Waals surface area contributed by atoms with Gasteiger partial charge in [0.2, 0.25) is 5.95 Å². The second-order valence-electron chi connectivity index (χ2n) is 10.7. The molecule has 0 bridgehead atoms. The summed E-state index contributed by atoms with van der Waals surface area (Å²) in [5.41, 5.74) is 1.42. The van der Waals surface area contributed by atoms with Gasteiger partial charge in [0.15, 0.2) is 23.0 Å². The molecular weight excluding hydrogens is 621 g/mol. The Labute approximate surface area is 253 Å². The van der Waals surface area contributed by atoms with Crippen molar-refractivity contribution in [1.82, 2.24) is 24.6 Å². The van der Waals surface area contributed by atoms with Crippen LogP contribution in [0.5, 0.6) is 5.75 Å². The van der Waals surface area contributed by atoms with Crippen molar-refractivity contribution in [3.05, 3.63) is 59.1 Å². The maximum atomic E-state index is 14.8. The molecule has 2 aromatic heterocycles. The minimum absolute atomic E-state index is 0.0315. The van der Waals surface area contributed by atoms with Gasteiger partial charge in [0, 0.05) is 5.39 Å². The third-order valence-electron chi connectivity index (χ3n) is 7.04. The number of H-pyrrole nitrogens is 1. The number of carbonyl (C=O) groups excluding carboxylic acids is 1. The van der Waals surface area contributed by atoms with Crippen LogP contribution >= 0.6 is 7.75 Å². The molecule has 15 nitrogen and oxygen atoms in total. The predicted molar refractivity (Wildman–Crippen MR) is 155 cm³/mol. The van der Waals surface area contributed by atoms with E-state index >= 15 is 0 Å². The van der Waals surface area contributed by atoms with E-state index in [-0.39, 0.29) is 22.9 Å². The van der Waals surface area contributed by atoms with Gasteiger partial charge in [-0.05, 0) is 32.2 Å². The standard InChI is InChI=1S/C27H31F2N6O9P/c1-13(2)42-24(39)14(3)34-45(40,44-17-10-6-8-15-7-4-5-9-16(15)17)41-11-27(25(28)29)20(37)19(36)23(43-27)35-12-31-18-21(35)32-26(30)33-22(18)38/h4-10,12-14,19-20,23,25,36-37H,11H2,1-3H3,(H,34,40)(H3,30,32,33,38)/t14-,19+,20-,23+,27+,45-/m0/s1. The normalized spacial score (nSPS) is 23.9. The van der Waals surface area contributed by atoms with Crippen molar-refractivity contribution in [2.75, 3.05) is 12.3 Å². The molecule has 6 N–H and O–H groups in total. The number of anilines is 1. The van der Waals surface area contributed by atoms with E-state index in [1.165, 1.54) is 13.0 Å². The number of ether oxygens (including phenoxy) is 2. The van der Waals surface area contributed by atoms with E-state index in [9.17, 15) is 33.1 Å². The van der Waals surface area contributed by atoms with Crippen LogP contribution in [0.2, 0.25) is 0 Å². The van der Waals surface area contributed by atoms with Crippen molar-refractivity contribution in [3.63, 3.8) is 0 Å². The van der Waals surface area contributed by atoms with E-state index in [4.69, 9.17) is 24.3 Å². The number of nitrogen functional groups attached to an aromatic ring is 1. The number of hydrogen-bond donors (Lipinski definition) is 5. The third kappa shape index (κ3) is 6.27. The number of imidazole rings is 1. The number of nitrogens with zero attached hydrogens (tertiary/aromatic N) is 3. The van der Waals surface area contributed by atoms with E-state index < -0.39 is 68.5 Å². The second kappa shape index (κ2) is 12.4. The lowest BCUT2D eigenvalue weighted by atomic mass is 9.96. The Bertz CT molecular complexity index is 1820. The van der Waals surface area contributed by atoms with Crippen LogP contribution in [-0.2, 0) is 23.4 Å². The number of aromatic amines is 1. The average molecular weight is 653 g/mol. The van der Waals surface area contributed by atoms with Gasteiger partial charge in [-0.25, -0.2) is 18.3 Å². The van der Waals surface area contributed by atoms with Crippen LogP contribution in [0.25, 0.3) is 21.9 Å². The molecule has 2 aromatic carbocycles. The monoisotopic (exact) mass is 652 g/mol. The zero-order valence-electron chi connectivity index (χ0n) is 24.2. The highest BCUT2D eigenvalue weighted by Crippen LogP contribution is 2.50. The van der Waals surface area contributed by atoms with Crippen LogP contribution in [-0.4, -0.2) is 78.7 Å². The van der Waals surface area contributed by atoms with Gasteiger partial charge in [0.1, 0.15) is 24.0 Å². The number of carbonyl (C=O) groups is 1. The first-order valence-corrected chi connectivity index (χ1v) is 15.2. The van der Waals surface area contributed by atoms with E-state index in [2.05, 4.69) is 20.0 Å². The molecule has 242 valence electrons. The Kier molecular flexibility index (Phi) is 8.95. The molecule has 3 heterocycles. The molecule has 4 aromatic rings. The Balaban J connectivity index is 1.48. The summed E-state index contributed by atoms with van der Waals surface area (Å²) in [5.74, 6) is -1.13. The third-order valence-corrected chi connectivity index (χ3v) is 8.65. The summed E-state index contributed by atoms with van der Waals surface area (Å²) in [7, 11) is -4.76. The molecule has 1 fully saturated rings. The van der Waals surface area contributed by atoms with Gasteiger partial charge in [0.05, 0.1) is 19.0 Å². The molecule has 0 unspecified atom stereocenters. The number of rotatable bonds is 11. The molecular formula is C27H31F2N6O9P. The van der Waals surface area contributed by atoms with Gasteiger partial charge in [-0.2, -0.15) is 10.1 Å². The fraction of sp³-hybridized carbons (Fsp3) is 0.407. The van der Waals surface area contributed by atoms with Crippen molar-refractivity contribution in [1.29, 1.82) is 0 Å². The highest BCUT2D eigenvalue weighted by molar-refractivity contribution is 7.52. The Hall–Kier alpha value is -3.99. The SMILES string of the molecule is CC(C)OC(=O)[C@H](C)N[P@](=O)(OC[C@@]1(C(F)F)O[C@@H](n2cnc3c(=O)[nH]c(N)nc32)[C@H](O)[C@@H]1O)Oc1cccc2ccccc12. The van der Waals surface area contributed by atoms with E-state index in [1.54, 1.807) is 50.2 Å². The highest BCUT2D eigenvalue weighted by atomic mass is 31.2. The Morgan fingerprint density at radius 2 is 1.93 bits per heavy atom. The minimum atomic E-state index is -4.76. The molecule has 45 heavy (non-hydrogen) atoms. The molecule has 6 atom stereocenters. The predicted octanol–water partition coefficient (Wildman–Crippen LogP) is 2.24. The number of aliphatic hydroxyl groups excluding tert-OH is 2. The number of halogens is 2. The van der Waals surface area contributed by atoms with Crippen LogP contribution in [0.1, 0.15) is 27.0 Å². The Morgan fingerprint density at radius 1 is 1.22 bits per heavy atom. The van der Waals surface area contributed by atoms with Gasteiger partial charge in [-0.15, -0.1) is 0 Å². The summed E-state index contributed by atoms with van der Waals surface area (Å²) < 4.78 is 66.7. The maximum absolute atomic E-state index is 14.8. The van der Waals surface area contributed by atoms with E-state index in [1.807, 2.05) is 0 Å². The second-order valence-corrected chi connectivity index (χ2v) is 12.3. The minimum Gasteiger partial charge on any atom is -0.462 e. The molecule has 0 amide bonds. The molecule has 1 saturated heterocycles. The lowest BCUT2D eigenvalue weighted by Gasteiger charge is -2.32. The van der Waals surface area contributed by atoms with Crippen LogP contribution in [0.4, 0.5) is 14.7 Å². The summed E-state index contributed by atoms with van der Waals surface area (Å²) in [6, 6.07) is 10.4. The number of fused-ring (bicyclic) bond motifs is 2. The van der Waals surface area contributed by atoms with Crippen LogP contribution in [0.3, 0.4) is 0 Å². The van der Waals surface area contributed by atoms with Crippen LogP contribution in [0.15, 0.2) is 53.6 Å². The van der Waals surface area contributed by atoms with Crippen molar-refractivity contribution < 1.29 is 46.9 Å². The van der Waals surface area contributed by atoms with Crippen molar-refractivity contribution >= 4 is 41.6 Å². The average Bonchev–Trinajstić information content (AvgIpc) is 3.51. The number of nitrogens with two attached hydrogens (primary N) is 1. The summed E-state index contributed by atoms with van der Waals surface area (Å²) in [5, 5.41) is 25.4. The number of esters is 1. The summed E-state index contributed by atoms with van der Waals surface area (Å²) in [4.78, 5) is 34.8. The molecule has 0 spiro atoms. The van der Waals surface area contributed by atoms with Gasteiger partial charge < -0.3 is 29.9 Å². The number of nitrogens with one attached hydrogen (secondary N) is 2. The van der Waals surface area contributed by atoms with Crippen LogP contribution < -0.4 is 20.9 Å². The van der Waals surface area contributed by atoms with E-state index in [0.29, 0.717) is 10.8 Å². The van der Waals surface area contributed by atoms with Crippen LogP contribution in [0, 0.1) is 0 Å². The molecule has 1 aliphatic rings. The highest BCUT2D eigenvalue weighted by Gasteiger charge is 2.61. The van der Waals surface area contributed by atoms with Gasteiger partial charge in [0.25, 0.3) is 12.0 Å². The first-order valence-electron chi connectivity index (χ1n) is 13.7. The van der Waals surface area contributed by atoms with Crippen molar-refractivity contribution in [2.45, 2.75) is 63.4 Å². The molecule has 0 saturated carbocycles. The first-order chi connectivity index (χ1) is 21.2. The zero-order valence-corrected chi connectivity index (χ0v) is 25.1. The van der Waals surface area contributed by atoms with Gasteiger partial charge in [-0.3, -0.25) is 23.7 Å². The quantitative estimate of drug-likeness (QED) is 0.116. The fourth-order valence-electron chi connectivity index (χ4n) is 4.83. The Morgan fingerprint density at radius 3 is 2.64 bits per heavy atom. The van der Waals surface area contributed by atoms with Gasteiger partial charge in [-0.1, -0.05) is 36.4 Å². The van der Waals surface area contributed by atoms with Gasteiger partial charge >= 0.3 is 13.7 Å². The number of aliphatic hydroxyl groups is 2. The molecule has 0 aliphatic carbocycles.